The van der Waals surface area contributed by atoms with Crippen molar-refractivity contribution >= 4 is 44.4 Å². The monoisotopic (exact) mass is 513 g/mol. The first-order valence-electron chi connectivity index (χ1n) is 11.7. The Labute approximate surface area is 217 Å². The van der Waals surface area contributed by atoms with Crippen molar-refractivity contribution < 1.29 is 0 Å². The number of halogens is 1. The van der Waals surface area contributed by atoms with E-state index in [1.54, 1.807) is 0 Å². The van der Waals surface area contributed by atoms with E-state index < -0.39 is 9.39 Å². The number of nitrogens with zero attached hydrogens (tertiary/aromatic N) is 4. The average molecular weight is 514 g/mol. The maximum atomic E-state index is 6.35. The highest BCUT2D eigenvalue weighted by atomic mass is 35.5. The number of piperidine rings is 1. The lowest BCUT2D eigenvalue weighted by atomic mass is 10.0. The molecule has 0 saturated carbocycles. The van der Waals surface area contributed by atoms with E-state index in [0.29, 0.717) is 5.02 Å². The molecular formula is C28H40ClN5S. The Hall–Kier alpha value is -2.54. The van der Waals surface area contributed by atoms with Crippen molar-refractivity contribution in [1.82, 2.24) is 9.21 Å². The van der Waals surface area contributed by atoms with Gasteiger partial charge in [0.05, 0.1) is 17.5 Å². The van der Waals surface area contributed by atoms with Crippen LogP contribution in [0.2, 0.25) is 5.02 Å². The molecule has 35 heavy (non-hydrogen) atoms. The summed E-state index contributed by atoms with van der Waals surface area (Å²) in [6, 6.07) is 7.85. The standard InChI is InChI=1S/C28H40ClN5S/c1-10-17-34(21(4)5)27(22(6)20(2)3)23(7)31-28(30)32-25-12-11-18-33(19-25)35(8,9)26-15-13-24(29)14-16-26/h10,13-17,25H,2,4,8-9,11-12,18-19H2,1,3,5-7H3,(H2,30,32)/b17-10-,27-22+,31-23+. The smallest absolute Gasteiger partial charge is 0.215 e. The minimum Gasteiger partial charge on any atom is -0.368 e. The summed E-state index contributed by atoms with van der Waals surface area (Å²) in [5, 5.41) is 0.709. The molecule has 7 heteroatoms. The van der Waals surface area contributed by atoms with Gasteiger partial charge in [0.25, 0.3) is 0 Å². The van der Waals surface area contributed by atoms with Crippen molar-refractivity contribution in [3.8, 4) is 0 Å². The molecule has 1 heterocycles. The lowest BCUT2D eigenvalue weighted by Crippen LogP contribution is -2.36. The molecule has 0 amide bonds. The third kappa shape index (κ3) is 7.47. The first kappa shape index (κ1) is 28.7. The van der Waals surface area contributed by atoms with Crippen molar-refractivity contribution in [3.63, 3.8) is 0 Å². The Morgan fingerprint density at radius 2 is 1.80 bits per heavy atom. The predicted molar refractivity (Wildman–Crippen MR) is 160 cm³/mol. The summed E-state index contributed by atoms with van der Waals surface area (Å²) < 4.78 is 2.34. The minimum absolute atomic E-state index is 0.0328. The molecule has 0 bridgehead atoms. The second-order valence-corrected chi connectivity index (χ2v) is 12.1. The molecule has 0 aliphatic carbocycles. The van der Waals surface area contributed by atoms with Gasteiger partial charge in [-0.25, -0.2) is 9.98 Å². The Morgan fingerprint density at radius 1 is 1.17 bits per heavy atom. The largest absolute Gasteiger partial charge is 0.368 e. The molecule has 1 unspecified atom stereocenters. The zero-order valence-corrected chi connectivity index (χ0v) is 23.4. The van der Waals surface area contributed by atoms with Crippen LogP contribution in [0, 0.1) is 0 Å². The van der Waals surface area contributed by atoms with Gasteiger partial charge in [0, 0.05) is 34.9 Å². The Bertz CT molecular complexity index is 1170. The maximum Gasteiger partial charge on any atom is 0.215 e. The fourth-order valence-corrected chi connectivity index (χ4v) is 5.99. The summed E-state index contributed by atoms with van der Waals surface area (Å²) in [5.41, 5.74) is 10.9. The molecule has 0 radical (unpaired) electrons. The van der Waals surface area contributed by atoms with E-state index in [4.69, 9.17) is 22.3 Å². The zero-order valence-electron chi connectivity index (χ0n) is 21.9. The second-order valence-electron chi connectivity index (χ2n) is 9.01. The van der Waals surface area contributed by atoms with Gasteiger partial charge in [-0.05, 0) is 77.3 Å². The summed E-state index contributed by atoms with van der Waals surface area (Å²) in [6.45, 7) is 19.8. The number of benzene rings is 1. The molecule has 5 nitrogen and oxygen atoms in total. The highest BCUT2D eigenvalue weighted by molar-refractivity contribution is 8.25. The molecule has 2 rings (SSSR count). The molecule has 1 fully saturated rings. The molecule has 1 atom stereocenters. The Morgan fingerprint density at radius 3 is 2.34 bits per heavy atom. The van der Waals surface area contributed by atoms with Crippen LogP contribution in [-0.4, -0.2) is 51.7 Å². The van der Waals surface area contributed by atoms with E-state index in [1.807, 2.05) is 76.1 Å². The first-order valence-corrected chi connectivity index (χ1v) is 14.0. The topological polar surface area (TPSA) is 57.2 Å². The normalized spacial score (nSPS) is 19.0. The SMILES string of the molecule is C=C(C)/C(C)=C(\C(C)=N\C(N)=NC1CCCN(S(=C)(=C)c2ccc(Cl)cc2)C1)N(/C=C\C)C(=C)C. The van der Waals surface area contributed by atoms with Crippen LogP contribution in [0.15, 0.2) is 87.1 Å². The van der Waals surface area contributed by atoms with Gasteiger partial charge in [-0.1, -0.05) is 48.1 Å². The van der Waals surface area contributed by atoms with Crippen LogP contribution in [-0.2, 0) is 0 Å². The van der Waals surface area contributed by atoms with Gasteiger partial charge < -0.3 is 10.6 Å². The maximum absolute atomic E-state index is 6.35. The highest BCUT2D eigenvalue weighted by Crippen LogP contribution is 2.38. The molecule has 1 aliphatic heterocycles. The summed E-state index contributed by atoms with van der Waals surface area (Å²) >= 11 is 6.07. The summed E-state index contributed by atoms with van der Waals surface area (Å²) in [6.07, 6.45) is 5.89. The molecule has 1 saturated heterocycles. The van der Waals surface area contributed by atoms with E-state index in [-0.39, 0.29) is 12.0 Å². The van der Waals surface area contributed by atoms with E-state index in [1.165, 1.54) is 0 Å². The number of aliphatic imine (C=N–C) groups is 2. The van der Waals surface area contributed by atoms with Crippen molar-refractivity contribution in [2.45, 2.75) is 58.4 Å². The third-order valence-electron chi connectivity index (χ3n) is 5.99. The van der Waals surface area contributed by atoms with Crippen LogP contribution >= 0.6 is 21.0 Å². The summed E-state index contributed by atoms with van der Waals surface area (Å²) in [7, 11) is -1.64. The van der Waals surface area contributed by atoms with Gasteiger partial charge >= 0.3 is 0 Å². The number of nitrogens with two attached hydrogens (primary N) is 1. The van der Waals surface area contributed by atoms with E-state index in [2.05, 4.69) is 34.2 Å². The Balaban J connectivity index is 2.33. The van der Waals surface area contributed by atoms with Crippen LogP contribution in [0.4, 0.5) is 0 Å². The lowest BCUT2D eigenvalue weighted by Gasteiger charge is -2.36. The van der Waals surface area contributed by atoms with Gasteiger partial charge in [-0.15, -0.1) is 9.39 Å². The van der Waals surface area contributed by atoms with Crippen LogP contribution in [0.1, 0.15) is 47.5 Å². The van der Waals surface area contributed by atoms with Crippen molar-refractivity contribution in [2.24, 2.45) is 15.7 Å². The van der Waals surface area contributed by atoms with Crippen LogP contribution in [0.3, 0.4) is 0 Å². The Kier molecular flexibility index (Phi) is 10.2. The van der Waals surface area contributed by atoms with Crippen LogP contribution in [0.25, 0.3) is 0 Å². The van der Waals surface area contributed by atoms with Crippen molar-refractivity contribution in [3.05, 3.63) is 77.3 Å². The first-order chi connectivity index (χ1) is 16.4. The summed E-state index contributed by atoms with van der Waals surface area (Å²) in [4.78, 5) is 12.6. The molecular weight excluding hydrogens is 474 g/mol. The van der Waals surface area contributed by atoms with E-state index in [0.717, 1.165) is 59.1 Å². The number of rotatable bonds is 8. The molecule has 1 aromatic rings. The number of guanidine groups is 1. The minimum atomic E-state index is -1.64. The molecule has 190 valence electrons. The average Bonchev–Trinajstić information content (AvgIpc) is 2.78. The van der Waals surface area contributed by atoms with Crippen LogP contribution < -0.4 is 5.73 Å². The van der Waals surface area contributed by atoms with Gasteiger partial charge in [0.15, 0.2) is 0 Å². The quantitative estimate of drug-likeness (QED) is 0.181. The predicted octanol–water partition coefficient (Wildman–Crippen LogP) is 6.74. The number of allylic oxidation sites excluding steroid dienone is 5. The summed E-state index contributed by atoms with van der Waals surface area (Å²) in [5.74, 6) is 9.23. The van der Waals surface area contributed by atoms with E-state index >= 15 is 0 Å². The van der Waals surface area contributed by atoms with Gasteiger partial charge in [0.1, 0.15) is 0 Å². The number of hydrogen-bond acceptors (Lipinski definition) is 3. The fourth-order valence-electron chi connectivity index (χ4n) is 3.99. The molecule has 1 aromatic carbocycles. The number of hydrogen-bond donors (Lipinski definition) is 1. The van der Waals surface area contributed by atoms with E-state index in [9.17, 15) is 0 Å². The third-order valence-corrected chi connectivity index (χ3v) is 8.71. The molecule has 0 spiro atoms. The van der Waals surface area contributed by atoms with Gasteiger partial charge in [-0.2, -0.15) is 0 Å². The van der Waals surface area contributed by atoms with Crippen LogP contribution in [0.5, 0.6) is 0 Å². The molecule has 1 aliphatic rings. The van der Waals surface area contributed by atoms with Gasteiger partial charge in [0.2, 0.25) is 5.96 Å². The second kappa shape index (κ2) is 12.4. The zero-order chi connectivity index (χ0) is 26.3. The highest BCUT2D eigenvalue weighted by Gasteiger charge is 2.24. The van der Waals surface area contributed by atoms with Crippen molar-refractivity contribution in [2.75, 3.05) is 13.1 Å². The van der Waals surface area contributed by atoms with Gasteiger partial charge in [-0.3, -0.25) is 4.31 Å². The molecule has 0 aromatic heterocycles. The molecule has 2 N–H and O–H groups in total. The van der Waals surface area contributed by atoms with Crippen molar-refractivity contribution in [1.29, 1.82) is 0 Å². The fraction of sp³-hybridized carbons (Fsp3) is 0.357. The lowest BCUT2D eigenvalue weighted by molar-refractivity contribution is 0.342.